The number of hydrogen-bond donors (Lipinski definition) is 1. The lowest BCUT2D eigenvalue weighted by molar-refractivity contribution is -0.116. The largest absolute Gasteiger partial charge is 0.461 e. The van der Waals surface area contributed by atoms with E-state index in [9.17, 15) is 4.79 Å². The van der Waals surface area contributed by atoms with Crippen molar-refractivity contribution in [3.05, 3.63) is 76.6 Å². The van der Waals surface area contributed by atoms with Crippen LogP contribution in [0.3, 0.4) is 0 Å². The van der Waals surface area contributed by atoms with E-state index in [1.807, 2.05) is 19.2 Å². The van der Waals surface area contributed by atoms with Crippen molar-refractivity contribution in [2.75, 3.05) is 56.2 Å². The average molecular weight is 642 g/mol. The zero-order chi connectivity index (χ0) is 31.7. The van der Waals surface area contributed by atoms with Gasteiger partial charge in [0, 0.05) is 56.3 Å². The Hall–Kier alpha value is -4.15. The molecule has 5 heterocycles. The number of aryl methyl sites for hydroxylation is 1. The molecule has 2 aromatic carbocycles. The summed E-state index contributed by atoms with van der Waals surface area (Å²) in [4.78, 5) is 33.6. The number of aromatic nitrogens is 3. The molecule has 240 valence electrons. The van der Waals surface area contributed by atoms with Crippen LogP contribution < -0.4 is 19.9 Å². The van der Waals surface area contributed by atoms with Gasteiger partial charge in [0.15, 0.2) is 5.89 Å². The molecule has 2 aromatic heterocycles. The quantitative estimate of drug-likeness (QED) is 0.228. The van der Waals surface area contributed by atoms with Gasteiger partial charge in [0.05, 0.1) is 29.0 Å². The maximum atomic E-state index is 12.5. The van der Waals surface area contributed by atoms with Gasteiger partial charge in [-0.1, -0.05) is 35.9 Å². The second kappa shape index (κ2) is 12.9. The number of carbonyl (C=O) groups excluding carboxylic acids is 1. The second-order valence-corrected chi connectivity index (χ2v) is 13.0. The lowest BCUT2D eigenvalue weighted by atomic mass is 9.95. The van der Waals surface area contributed by atoms with E-state index in [0.717, 1.165) is 77.5 Å². The Balaban J connectivity index is 1.11. The highest BCUT2D eigenvalue weighted by Crippen LogP contribution is 2.40. The standard InChI is InChI=1S/C35H40ClN7O3/c1-24-38-21-26(46-24)11-12-31(44)37-16-20-41(2)33-27-13-19-42(30-10-4-8-25-7-3-9-28(36)32(25)30)22-29(27)39-34(40-33)45-23-35-14-5-17-43(35)18-6-15-35/h3-4,7-12,21H,5-6,13-20,22-23H2,1-2H3,(H,37,44)/b12-11+. The predicted molar refractivity (Wildman–Crippen MR) is 181 cm³/mol. The van der Waals surface area contributed by atoms with E-state index in [1.54, 1.807) is 19.2 Å². The minimum atomic E-state index is -0.197. The first-order valence-electron chi connectivity index (χ1n) is 16.2. The Morgan fingerprint density at radius 1 is 1.15 bits per heavy atom. The number of likely N-dealkylation sites (N-methyl/N-ethyl adjacent to an activating group) is 1. The van der Waals surface area contributed by atoms with E-state index < -0.39 is 0 Å². The summed E-state index contributed by atoms with van der Waals surface area (Å²) in [5.41, 5.74) is 3.28. The number of benzene rings is 2. The molecule has 0 radical (unpaired) electrons. The summed E-state index contributed by atoms with van der Waals surface area (Å²) in [6.07, 6.45) is 10.2. The molecule has 3 aliphatic heterocycles. The average Bonchev–Trinajstić information content (AvgIpc) is 3.78. The zero-order valence-corrected chi connectivity index (χ0v) is 27.2. The van der Waals surface area contributed by atoms with Crippen molar-refractivity contribution in [1.29, 1.82) is 0 Å². The van der Waals surface area contributed by atoms with Crippen molar-refractivity contribution >= 4 is 45.9 Å². The van der Waals surface area contributed by atoms with Crippen LogP contribution in [0.5, 0.6) is 6.01 Å². The summed E-state index contributed by atoms with van der Waals surface area (Å²) in [5, 5.41) is 5.88. The van der Waals surface area contributed by atoms with Crippen LogP contribution in [0.15, 0.2) is 53.1 Å². The van der Waals surface area contributed by atoms with Crippen molar-refractivity contribution in [3.8, 4) is 6.01 Å². The first-order valence-corrected chi connectivity index (χ1v) is 16.6. The summed E-state index contributed by atoms with van der Waals surface area (Å²) in [6, 6.07) is 12.8. The van der Waals surface area contributed by atoms with E-state index in [0.29, 0.717) is 43.9 Å². The number of carbonyl (C=O) groups is 1. The molecule has 1 N–H and O–H groups in total. The third-order valence-electron chi connectivity index (χ3n) is 9.62. The Labute approximate surface area is 274 Å². The summed E-state index contributed by atoms with van der Waals surface area (Å²) in [6.45, 7) is 7.11. The second-order valence-electron chi connectivity index (χ2n) is 12.6. The van der Waals surface area contributed by atoms with Crippen molar-refractivity contribution in [3.63, 3.8) is 0 Å². The van der Waals surface area contributed by atoms with Crippen molar-refractivity contribution in [2.45, 2.75) is 51.1 Å². The molecule has 2 saturated heterocycles. The molecule has 0 bridgehead atoms. The third-order valence-corrected chi connectivity index (χ3v) is 9.94. The molecular weight excluding hydrogens is 602 g/mol. The molecule has 7 rings (SSSR count). The predicted octanol–water partition coefficient (Wildman–Crippen LogP) is 5.42. The highest BCUT2D eigenvalue weighted by molar-refractivity contribution is 6.36. The topological polar surface area (TPSA) is 99.9 Å². The maximum Gasteiger partial charge on any atom is 0.318 e. The summed E-state index contributed by atoms with van der Waals surface area (Å²) >= 11 is 6.72. The number of ether oxygens (including phenoxy) is 1. The smallest absolute Gasteiger partial charge is 0.318 e. The Kier molecular flexibility index (Phi) is 8.57. The van der Waals surface area contributed by atoms with Gasteiger partial charge < -0.3 is 24.3 Å². The van der Waals surface area contributed by atoms with Crippen LogP contribution >= 0.6 is 11.6 Å². The highest BCUT2D eigenvalue weighted by atomic mass is 35.5. The van der Waals surface area contributed by atoms with E-state index >= 15 is 0 Å². The number of halogens is 1. The van der Waals surface area contributed by atoms with Crippen molar-refractivity contribution in [2.24, 2.45) is 0 Å². The summed E-state index contributed by atoms with van der Waals surface area (Å²) < 4.78 is 11.9. The fraction of sp³-hybridized carbons (Fsp3) is 0.429. The number of rotatable bonds is 10. The summed E-state index contributed by atoms with van der Waals surface area (Å²) in [5.74, 6) is 1.76. The molecule has 46 heavy (non-hydrogen) atoms. The molecule has 1 amide bonds. The molecule has 2 fully saturated rings. The molecule has 0 unspecified atom stereocenters. The van der Waals surface area contributed by atoms with Gasteiger partial charge in [0.2, 0.25) is 5.91 Å². The lowest BCUT2D eigenvalue weighted by Crippen LogP contribution is -2.43. The van der Waals surface area contributed by atoms with Gasteiger partial charge in [-0.3, -0.25) is 9.69 Å². The molecule has 3 aliphatic rings. The van der Waals surface area contributed by atoms with Crippen LogP contribution in [0.2, 0.25) is 5.02 Å². The first kappa shape index (κ1) is 30.5. The lowest BCUT2D eigenvalue weighted by Gasteiger charge is -2.34. The fourth-order valence-corrected chi connectivity index (χ4v) is 7.58. The van der Waals surface area contributed by atoms with Crippen LogP contribution in [0, 0.1) is 6.92 Å². The van der Waals surface area contributed by atoms with Crippen molar-refractivity contribution in [1.82, 2.24) is 25.2 Å². The molecule has 0 saturated carbocycles. The van der Waals surface area contributed by atoms with E-state index in [1.165, 1.54) is 18.9 Å². The number of hydrogen-bond acceptors (Lipinski definition) is 9. The third kappa shape index (κ3) is 6.16. The molecule has 0 aliphatic carbocycles. The monoisotopic (exact) mass is 641 g/mol. The molecular formula is C35H40ClN7O3. The van der Waals surface area contributed by atoms with Crippen LogP contribution in [-0.2, 0) is 17.8 Å². The van der Waals surface area contributed by atoms with Gasteiger partial charge in [-0.25, -0.2) is 4.98 Å². The molecule has 0 spiro atoms. The molecule has 0 atom stereocenters. The van der Waals surface area contributed by atoms with Gasteiger partial charge in [0.1, 0.15) is 18.2 Å². The number of nitrogens with zero attached hydrogens (tertiary/aromatic N) is 6. The van der Waals surface area contributed by atoms with Crippen LogP contribution in [0.25, 0.3) is 16.8 Å². The number of amides is 1. The van der Waals surface area contributed by atoms with Gasteiger partial charge >= 0.3 is 6.01 Å². The summed E-state index contributed by atoms with van der Waals surface area (Å²) in [7, 11) is 2.01. The van der Waals surface area contributed by atoms with Crippen LogP contribution in [0.4, 0.5) is 11.5 Å². The van der Waals surface area contributed by atoms with E-state index in [-0.39, 0.29) is 11.4 Å². The molecule has 4 aromatic rings. The number of anilines is 2. The number of oxazole rings is 1. The van der Waals surface area contributed by atoms with Crippen LogP contribution in [-0.4, -0.2) is 77.7 Å². The normalized spacial score (nSPS) is 17.4. The SMILES string of the molecule is Cc1ncc(/C=C/C(=O)NCCN(C)c2nc(OCC34CCCN3CCC4)nc3c2CCN(c2cccc4cccc(Cl)c24)C3)o1. The van der Waals surface area contributed by atoms with Gasteiger partial charge in [-0.05, 0) is 68.8 Å². The van der Waals surface area contributed by atoms with Crippen molar-refractivity contribution < 1.29 is 13.9 Å². The minimum absolute atomic E-state index is 0.0965. The number of fused-ring (bicyclic) bond motifs is 3. The van der Waals surface area contributed by atoms with Gasteiger partial charge in [0.25, 0.3) is 0 Å². The van der Waals surface area contributed by atoms with Gasteiger partial charge in [-0.15, -0.1) is 0 Å². The zero-order valence-electron chi connectivity index (χ0n) is 26.5. The van der Waals surface area contributed by atoms with Crippen LogP contribution in [0.1, 0.15) is 48.6 Å². The Morgan fingerprint density at radius 3 is 2.74 bits per heavy atom. The van der Waals surface area contributed by atoms with Gasteiger partial charge in [-0.2, -0.15) is 9.97 Å². The minimum Gasteiger partial charge on any atom is -0.461 e. The molecule has 10 nitrogen and oxygen atoms in total. The first-order chi connectivity index (χ1) is 22.4. The molecule has 11 heteroatoms. The number of nitrogens with one attached hydrogen (secondary N) is 1. The van der Waals surface area contributed by atoms with E-state index in [4.69, 9.17) is 30.7 Å². The Bertz CT molecular complexity index is 1760. The fourth-order valence-electron chi connectivity index (χ4n) is 7.30. The highest BCUT2D eigenvalue weighted by Gasteiger charge is 2.45. The maximum absolute atomic E-state index is 12.5. The Morgan fingerprint density at radius 2 is 1.96 bits per heavy atom. The van der Waals surface area contributed by atoms with E-state index in [2.05, 4.69) is 49.3 Å².